The van der Waals surface area contributed by atoms with Gasteiger partial charge < -0.3 is 19.0 Å². The Bertz CT molecular complexity index is 1090. The number of rotatable bonds is 3. The van der Waals surface area contributed by atoms with Crippen molar-refractivity contribution in [1.29, 1.82) is 0 Å². The first-order valence-corrected chi connectivity index (χ1v) is 8.71. The molecule has 27 heavy (non-hydrogen) atoms. The number of fused-ring (bicyclic) bond motifs is 2. The van der Waals surface area contributed by atoms with E-state index in [2.05, 4.69) is 0 Å². The summed E-state index contributed by atoms with van der Waals surface area (Å²) in [5, 5.41) is 10.7. The van der Waals surface area contributed by atoms with Gasteiger partial charge in [-0.3, -0.25) is 4.79 Å². The normalized spacial score (nSPS) is 15.8. The molecule has 138 valence electrons. The van der Waals surface area contributed by atoms with E-state index in [4.69, 9.17) is 25.5 Å². The molecule has 0 radical (unpaired) electrons. The van der Waals surface area contributed by atoms with E-state index in [1.807, 2.05) is 0 Å². The zero-order valence-corrected chi connectivity index (χ0v) is 14.9. The van der Waals surface area contributed by atoms with Gasteiger partial charge in [-0.25, -0.2) is 4.79 Å². The van der Waals surface area contributed by atoms with E-state index in [0.717, 1.165) is 11.3 Å². The summed E-state index contributed by atoms with van der Waals surface area (Å²) < 4.78 is 16.1. The summed E-state index contributed by atoms with van der Waals surface area (Å²) in [6.45, 7) is 0.142. The summed E-state index contributed by atoms with van der Waals surface area (Å²) >= 11 is 6.00. The lowest BCUT2D eigenvalue weighted by molar-refractivity contribution is -0.151. The largest absolute Gasteiger partial charge is 0.508 e. The fraction of sp³-hybridized carbons (Fsp3) is 0.200. The first-order chi connectivity index (χ1) is 13.0. The molecule has 1 aliphatic heterocycles. The van der Waals surface area contributed by atoms with Crippen LogP contribution in [-0.4, -0.2) is 17.7 Å². The molecule has 0 bridgehead atoms. The van der Waals surface area contributed by atoms with Crippen LogP contribution in [0.5, 0.6) is 11.5 Å². The van der Waals surface area contributed by atoms with Crippen molar-refractivity contribution in [3.05, 3.63) is 69.0 Å². The van der Waals surface area contributed by atoms with Gasteiger partial charge >= 0.3 is 11.6 Å². The Hall–Kier alpha value is -2.99. The number of carbonyl (C=O) groups excluding carboxylic acids is 1. The third-order valence-electron chi connectivity index (χ3n) is 4.45. The van der Waals surface area contributed by atoms with Crippen LogP contribution in [-0.2, 0) is 22.6 Å². The van der Waals surface area contributed by atoms with Crippen molar-refractivity contribution in [3.63, 3.8) is 0 Å². The molecule has 1 N–H and O–H groups in total. The van der Waals surface area contributed by atoms with Crippen molar-refractivity contribution in [2.24, 2.45) is 5.92 Å². The van der Waals surface area contributed by atoms with Gasteiger partial charge in [-0.05, 0) is 42.3 Å². The van der Waals surface area contributed by atoms with Crippen molar-refractivity contribution in [1.82, 2.24) is 0 Å². The van der Waals surface area contributed by atoms with Crippen molar-refractivity contribution in [2.45, 2.75) is 13.0 Å². The van der Waals surface area contributed by atoms with Crippen molar-refractivity contribution < 1.29 is 23.8 Å². The van der Waals surface area contributed by atoms with Crippen molar-refractivity contribution >= 4 is 28.5 Å². The molecular weight excluding hydrogens is 372 g/mol. The predicted molar refractivity (Wildman–Crippen MR) is 98.1 cm³/mol. The molecule has 2 aromatic carbocycles. The molecule has 0 fully saturated rings. The van der Waals surface area contributed by atoms with E-state index >= 15 is 0 Å². The molecule has 0 spiro atoms. The van der Waals surface area contributed by atoms with Gasteiger partial charge in [0.1, 0.15) is 30.3 Å². The average Bonchev–Trinajstić information content (AvgIpc) is 2.64. The Kier molecular flexibility index (Phi) is 4.49. The number of phenols is 1. The summed E-state index contributed by atoms with van der Waals surface area (Å²) in [5.41, 5.74) is 1.02. The van der Waals surface area contributed by atoms with Crippen LogP contribution in [0.15, 0.2) is 51.7 Å². The van der Waals surface area contributed by atoms with Crippen LogP contribution < -0.4 is 10.4 Å². The Morgan fingerprint density at radius 3 is 2.93 bits per heavy atom. The number of phenolic OH excluding ortho intramolecular Hbond substituents is 1. The molecule has 1 aromatic heterocycles. The smallest absolute Gasteiger partial charge is 0.336 e. The van der Waals surface area contributed by atoms with Gasteiger partial charge in [0.2, 0.25) is 0 Å². The summed E-state index contributed by atoms with van der Waals surface area (Å²) in [5.74, 6) is -0.168. The van der Waals surface area contributed by atoms with Gasteiger partial charge in [-0.2, -0.15) is 0 Å². The molecule has 7 heteroatoms. The van der Waals surface area contributed by atoms with Gasteiger partial charge in [-0.15, -0.1) is 0 Å². The van der Waals surface area contributed by atoms with Crippen LogP contribution in [0.4, 0.5) is 0 Å². The molecular formula is C20H15ClO6. The van der Waals surface area contributed by atoms with Crippen LogP contribution in [0.2, 0.25) is 5.02 Å². The van der Waals surface area contributed by atoms with Crippen LogP contribution in [0.3, 0.4) is 0 Å². The van der Waals surface area contributed by atoms with E-state index in [9.17, 15) is 14.7 Å². The quantitative estimate of drug-likeness (QED) is 0.548. The molecule has 1 aliphatic rings. The molecule has 0 aliphatic carbocycles. The minimum Gasteiger partial charge on any atom is -0.508 e. The predicted octanol–water partition coefficient (Wildman–Crippen LogP) is 3.45. The zero-order valence-electron chi connectivity index (χ0n) is 14.1. The average molecular weight is 387 g/mol. The summed E-state index contributed by atoms with van der Waals surface area (Å²) in [6.07, 6.45) is 0.472. The maximum Gasteiger partial charge on any atom is 0.336 e. The second-order valence-corrected chi connectivity index (χ2v) is 6.78. The number of carbonyl (C=O) groups is 1. The maximum atomic E-state index is 12.5. The number of hydrogen-bond acceptors (Lipinski definition) is 6. The van der Waals surface area contributed by atoms with Crippen LogP contribution in [0, 0.1) is 5.92 Å². The van der Waals surface area contributed by atoms with E-state index in [0.29, 0.717) is 22.4 Å². The van der Waals surface area contributed by atoms with Crippen LogP contribution in [0.25, 0.3) is 11.0 Å². The van der Waals surface area contributed by atoms with Gasteiger partial charge in [0.15, 0.2) is 0 Å². The molecule has 3 aromatic rings. The molecule has 0 saturated heterocycles. The highest BCUT2D eigenvalue weighted by molar-refractivity contribution is 6.30. The topological polar surface area (TPSA) is 86.0 Å². The highest BCUT2D eigenvalue weighted by atomic mass is 35.5. The van der Waals surface area contributed by atoms with Gasteiger partial charge in [0, 0.05) is 28.1 Å². The molecule has 2 heterocycles. The lowest BCUT2D eigenvalue weighted by atomic mass is 9.97. The Morgan fingerprint density at radius 1 is 1.22 bits per heavy atom. The van der Waals surface area contributed by atoms with E-state index in [-0.39, 0.29) is 24.5 Å². The van der Waals surface area contributed by atoms with Crippen LogP contribution in [0.1, 0.15) is 11.1 Å². The lowest BCUT2D eigenvalue weighted by Crippen LogP contribution is -2.29. The number of hydrogen-bond donors (Lipinski definition) is 1. The Morgan fingerprint density at radius 2 is 2.07 bits per heavy atom. The van der Waals surface area contributed by atoms with E-state index in [1.165, 1.54) is 18.2 Å². The fourth-order valence-electron chi connectivity index (χ4n) is 3.12. The van der Waals surface area contributed by atoms with E-state index < -0.39 is 17.5 Å². The van der Waals surface area contributed by atoms with Crippen LogP contribution >= 0.6 is 11.6 Å². The van der Waals surface area contributed by atoms with Gasteiger partial charge in [-0.1, -0.05) is 11.6 Å². The van der Waals surface area contributed by atoms with Gasteiger partial charge in [0.25, 0.3) is 0 Å². The molecule has 0 saturated carbocycles. The van der Waals surface area contributed by atoms with Crippen molar-refractivity contribution in [2.75, 3.05) is 6.61 Å². The maximum absolute atomic E-state index is 12.5. The zero-order chi connectivity index (χ0) is 19.0. The first-order valence-electron chi connectivity index (χ1n) is 8.33. The number of ether oxygens (including phenoxy) is 2. The fourth-order valence-corrected chi connectivity index (χ4v) is 3.31. The highest BCUT2D eigenvalue weighted by Gasteiger charge is 2.27. The third kappa shape index (κ3) is 3.61. The molecule has 4 rings (SSSR count). The summed E-state index contributed by atoms with van der Waals surface area (Å²) in [7, 11) is 0. The standard InChI is InChI=1S/C20H15ClO6/c21-14-1-4-17-11(6-14)5-13(10-25-17)20(24)26-9-12-7-19(23)27-18-8-15(22)2-3-16(12)18/h1-4,6-8,13,22H,5,9-10H2/t13-/m1/s1. The lowest BCUT2D eigenvalue weighted by Gasteiger charge is -2.24. The number of esters is 1. The third-order valence-corrected chi connectivity index (χ3v) is 4.68. The molecule has 1 atom stereocenters. The molecule has 0 amide bonds. The monoisotopic (exact) mass is 386 g/mol. The highest BCUT2D eigenvalue weighted by Crippen LogP contribution is 2.30. The van der Waals surface area contributed by atoms with Gasteiger partial charge in [0.05, 0.1) is 5.92 Å². The Labute approximate surface area is 158 Å². The minimum atomic E-state index is -0.580. The first kappa shape index (κ1) is 17.4. The molecule has 0 unspecified atom stereocenters. The summed E-state index contributed by atoms with van der Waals surface area (Å²) in [6, 6.07) is 11.0. The SMILES string of the molecule is O=C(OCc1cc(=O)oc2cc(O)ccc12)[C@H]1COc2ccc(Cl)cc2C1. The molecule has 6 nitrogen and oxygen atoms in total. The van der Waals surface area contributed by atoms with E-state index in [1.54, 1.807) is 24.3 Å². The van der Waals surface area contributed by atoms with Crippen molar-refractivity contribution in [3.8, 4) is 11.5 Å². The summed E-state index contributed by atoms with van der Waals surface area (Å²) in [4.78, 5) is 24.2. The number of halogens is 1. The number of aromatic hydroxyl groups is 1. The minimum absolute atomic E-state index is 0.0172. The Balaban J connectivity index is 1.50. The number of benzene rings is 2. The second kappa shape index (κ2) is 6.96. The second-order valence-electron chi connectivity index (χ2n) is 6.34.